The number of sulfone groups is 1. The van der Waals surface area contributed by atoms with Crippen LogP contribution in [-0.4, -0.2) is 45.2 Å². The second kappa shape index (κ2) is 5.94. The fourth-order valence-corrected chi connectivity index (χ4v) is 1.27. The molecule has 0 saturated carbocycles. The van der Waals surface area contributed by atoms with Gasteiger partial charge in [0.2, 0.25) is 15.0 Å². The lowest BCUT2D eigenvalue weighted by Crippen LogP contribution is -2.44. The maximum atomic E-state index is 11.0. The predicted molar refractivity (Wildman–Crippen MR) is 54.6 cm³/mol. The molecule has 14 heavy (non-hydrogen) atoms. The third kappa shape index (κ3) is 4.54. The van der Waals surface area contributed by atoms with Crippen LogP contribution < -0.4 is 5.43 Å². The molecule has 0 fully saturated rings. The van der Waals surface area contributed by atoms with Gasteiger partial charge in [-0.25, -0.2) is 13.8 Å². The highest BCUT2D eigenvalue weighted by molar-refractivity contribution is 8.05. The summed E-state index contributed by atoms with van der Waals surface area (Å²) >= 11 is 0. The molecule has 0 heterocycles. The third-order valence-electron chi connectivity index (χ3n) is 1.44. The SMILES string of the molecule is CCCOCN(NC)C(=N)S(C)(=O)=O. The van der Waals surface area contributed by atoms with Crippen molar-refractivity contribution in [2.75, 3.05) is 26.6 Å². The highest BCUT2D eigenvalue weighted by atomic mass is 32.2. The molecule has 0 spiro atoms. The Bertz CT molecular complexity index is 276. The van der Waals surface area contributed by atoms with E-state index in [-0.39, 0.29) is 6.73 Å². The predicted octanol–water partition coefficient (Wildman–Crippen LogP) is -0.214. The van der Waals surface area contributed by atoms with Crippen LogP contribution in [0.4, 0.5) is 0 Å². The molecular weight excluding hydrogens is 206 g/mol. The lowest BCUT2D eigenvalue weighted by Gasteiger charge is -2.21. The Kier molecular flexibility index (Phi) is 5.66. The Balaban J connectivity index is 4.21. The average molecular weight is 223 g/mol. The molecule has 2 N–H and O–H groups in total. The van der Waals surface area contributed by atoms with Crippen LogP contribution in [0, 0.1) is 5.41 Å². The van der Waals surface area contributed by atoms with Crippen LogP contribution in [0.5, 0.6) is 0 Å². The minimum absolute atomic E-state index is 0.0518. The van der Waals surface area contributed by atoms with Crippen molar-refractivity contribution in [2.24, 2.45) is 0 Å². The summed E-state index contributed by atoms with van der Waals surface area (Å²) < 4.78 is 27.1. The molecule has 7 heteroatoms. The Morgan fingerprint density at radius 1 is 1.57 bits per heavy atom. The quantitative estimate of drug-likeness (QED) is 0.221. The molecule has 84 valence electrons. The number of nitrogens with zero attached hydrogens (tertiary/aromatic N) is 1. The zero-order chi connectivity index (χ0) is 11.2. The largest absolute Gasteiger partial charge is 0.360 e. The van der Waals surface area contributed by atoms with E-state index in [0.717, 1.165) is 17.7 Å². The van der Waals surface area contributed by atoms with E-state index in [1.807, 2.05) is 6.92 Å². The summed E-state index contributed by atoms with van der Waals surface area (Å²) in [4.78, 5) is 0. The molecule has 0 amide bonds. The maximum Gasteiger partial charge on any atom is 0.232 e. The molecule has 0 aliphatic heterocycles. The van der Waals surface area contributed by atoms with E-state index < -0.39 is 15.0 Å². The summed E-state index contributed by atoms with van der Waals surface area (Å²) in [6, 6.07) is 0. The Morgan fingerprint density at radius 2 is 2.14 bits per heavy atom. The lowest BCUT2D eigenvalue weighted by molar-refractivity contribution is 0.0482. The highest BCUT2D eigenvalue weighted by Crippen LogP contribution is 1.94. The van der Waals surface area contributed by atoms with Crippen molar-refractivity contribution >= 4 is 15.0 Å². The molecule has 6 nitrogen and oxygen atoms in total. The van der Waals surface area contributed by atoms with Gasteiger partial charge in [0.25, 0.3) is 0 Å². The van der Waals surface area contributed by atoms with Crippen LogP contribution in [0.2, 0.25) is 0 Å². The summed E-state index contributed by atoms with van der Waals surface area (Å²) in [5.41, 5.74) is 2.57. The van der Waals surface area contributed by atoms with E-state index in [9.17, 15) is 8.42 Å². The first-order valence-corrected chi connectivity index (χ1v) is 6.14. The van der Waals surface area contributed by atoms with Crippen LogP contribution in [0.15, 0.2) is 0 Å². The Hall–Kier alpha value is -0.660. The van der Waals surface area contributed by atoms with Crippen LogP contribution >= 0.6 is 0 Å². The summed E-state index contributed by atoms with van der Waals surface area (Å²) in [7, 11) is -1.95. The van der Waals surface area contributed by atoms with Crippen molar-refractivity contribution in [2.45, 2.75) is 13.3 Å². The standard InChI is InChI=1S/C7H17N3O3S/c1-4-5-13-6-10(9-2)7(8)14(3,11)12/h8-9H,4-6H2,1-3H3. The molecular formula is C7H17N3O3S. The second-order valence-electron chi connectivity index (χ2n) is 2.77. The van der Waals surface area contributed by atoms with Gasteiger partial charge >= 0.3 is 0 Å². The van der Waals surface area contributed by atoms with Crippen molar-refractivity contribution in [1.82, 2.24) is 10.4 Å². The van der Waals surface area contributed by atoms with Crippen LogP contribution in [-0.2, 0) is 14.6 Å². The molecule has 0 bridgehead atoms. The number of ether oxygens (including phenoxy) is 1. The molecule has 0 unspecified atom stereocenters. The van der Waals surface area contributed by atoms with Gasteiger partial charge in [0, 0.05) is 19.9 Å². The molecule has 0 radical (unpaired) electrons. The molecule has 0 aliphatic carbocycles. The fourth-order valence-electron chi connectivity index (χ4n) is 0.725. The number of nitrogens with one attached hydrogen (secondary N) is 2. The molecule has 0 aromatic carbocycles. The molecule has 0 aliphatic rings. The van der Waals surface area contributed by atoms with Crippen molar-refractivity contribution in [1.29, 1.82) is 5.41 Å². The van der Waals surface area contributed by atoms with Gasteiger partial charge < -0.3 is 4.74 Å². The number of rotatable bonds is 5. The summed E-state index contributed by atoms with van der Waals surface area (Å²) in [5, 5.41) is 7.97. The summed E-state index contributed by atoms with van der Waals surface area (Å²) in [6.07, 6.45) is 1.84. The molecule has 0 aromatic rings. The van der Waals surface area contributed by atoms with Gasteiger partial charge in [-0.2, -0.15) is 0 Å². The third-order valence-corrected chi connectivity index (χ3v) is 2.36. The van der Waals surface area contributed by atoms with Crippen molar-refractivity contribution in [3.05, 3.63) is 0 Å². The first-order chi connectivity index (χ1) is 6.43. The molecule has 0 saturated heterocycles. The highest BCUT2D eigenvalue weighted by Gasteiger charge is 2.18. The lowest BCUT2D eigenvalue weighted by atomic mass is 10.5. The van der Waals surface area contributed by atoms with Crippen LogP contribution in [0.25, 0.3) is 0 Å². The Morgan fingerprint density at radius 3 is 2.50 bits per heavy atom. The van der Waals surface area contributed by atoms with Crippen molar-refractivity contribution in [3.8, 4) is 0 Å². The van der Waals surface area contributed by atoms with Gasteiger partial charge in [-0.05, 0) is 6.42 Å². The van der Waals surface area contributed by atoms with E-state index in [4.69, 9.17) is 10.1 Å². The van der Waals surface area contributed by atoms with Crippen molar-refractivity contribution in [3.63, 3.8) is 0 Å². The smallest absolute Gasteiger partial charge is 0.232 e. The zero-order valence-electron chi connectivity index (χ0n) is 8.70. The van der Waals surface area contributed by atoms with E-state index in [2.05, 4.69) is 5.43 Å². The fraction of sp³-hybridized carbons (Fsp3) is 0.857. The summed E-state index contributed by atoms with van der Waals surface area (Å²) in [5.74, 6) is 0. The molecule has 0 rings (SSSR count). The van der Waals surface area contributed by atoms with Crippen LogP contribution in [0.3, 0.4) is 0 Å². The van der Waals surface area contributed by atoms with E-state index in [1.54, 1.807) is 0 Å². The van der Waals surface area contributed by atoms with E-state index in [0.29, 0.717) is 6.61 Å². The zero-order valence-corrected chi connectivity index (χ0v) is 9.52. The molecule has 0 aromatic heterocycles. The Labute approximate surface area is 84.6 Å². The minimum atomic E-state index is -3.48. The first-order valence-electron chi connectivity index (χ1n) is 4.24. The number of hydrogen-bond acceptors (Lipinski definition) is 5. The van der Waals surface area contributed by atoms with Gasteiger partial charge in [-0.3, -0.25) is 10.4 Å². The van der Waals surface area contributed by atoms with Gasteiger partial charge in [0.15, 0.2) is 0 Å². The first kappa shape index (κ1) is 13.3. The topological polar surface area (TPSA) is 82.5 Å². The van der Waals surface area contributed by atoms with Gasteiger partial charge in [0.05, 0.1) is 0 Å². The monoisotopic (exact) mass is 223 g/mol. The van der Waals surface area contributed by atoms with Crippen molar-refractivity contribution < 1.29 is 13.2 Å². The number of hydrogen-bond donors (Lipinski definition) is 2. The maximum absolute atomic E-state index is 11.0. The van der Waals surface area contributed by atoms with Gasteiger partial charge in [-0.1, -0.05) is 6.92 Å². The van der Waals surface area contributed by atoms with Gasteiger partial charge in [-0.15, -0.1) is 0 Å². The average Bonchev–Trinajstić information content (AvgIpc) is 2.10. The van der Waals surface area contributed by atoms with Crippen LogP contribution in [0.1, 0.15) is 13.3 Å². The number of hydrazine groups is 1. The normalized spacial score (nSPS) is 11.4. The van der Waals surface area contributed by atoms with Gasteiger partial charge in [0.1, 0.15) is 6.73 Å². The second-order valence-corrected chi connectivity index (χ2v) is 4.70. The van der Waals surface area contributed by atoms with E-state index >= 15 is 0 Å². The number of amidine groups is 1. The minimum Gasteiger partial charge on any atom is -0.360 e. The molecule has 0 atom stereocenters. The van der Waals surface area contributed by atoms with E-state index in [1.165, 1.54) is 7.05 Å². The summed E-state index contributed by atoms with van der Waals surface area (Å²) in [6.45, 7) is 2.54.